The summed E-state index contributed by atoms with van der Waals surface area (Å²) < 4.78 is 36.9. The van der Waals surface area contributed by atoms with Crippen LogP contribution in [0.5, 0.6) is 0 Å². The SMILES string of the molecule is Cc1cc(N)nc(CN(CCO)CC(F)(F)F)n1. The number of halogens is 3. The highest BCUT2D eigenvalue weighted by Gasteiger charge is 2.30. The zero-order valence-electron chi connectivity index (χ0n) is 9.91. The van der Waals surface area contributed by atoms with E-state index in [2.05, 4.69) is 9.97 Å². The lowest BCUT2D eigenvalue weighted by Gasteiger charge is -2.21. The van der Waals surface area contributed by atoms with Gasteiger partial charge >= 0.3 is 6.18 Å². The molecule has 102 valence electrons. The molecule has 1 aromatic heterocycles. The van der Waals surface area contributed by atoms with E-state index in [1.165, 1.54) is 6.07 Å². The second-order valence-corrected chi connectivity index (χ2v) is 3.90. The fraction of sp³-hybridized carbons (Fsp3) is 0.600. The highest BCUT2D eigenvalue weighted by molar-refractivity contribution is 5.29. The number of anilines is 1. The van der Waals surface area contributed by atoms with Crippen molar-refractivity contribution >= 4 is 5.82 Å². The van der Waals surface area contributed by atoms with Crippen LogP contribution in [-0.4, -0.2) is 45.8 Å². The molecule has 0 bridgehead atoms. The molecule has 5 nitrogen and oxygen atoms in total. The van der Waals surface area contributed by atoms with Crippen molar-refractivity contribution in [3.63, 3.8) is 0 Å². The average molecular weight is 264 g/mol. The van der Waals surface area contributed by atoms with Crippen LogP contribution in [0, 0.1) is 6.92 Å². The van der Waals surface area contributed by atoms with Crippen molar-refractivity contribution in [3.8, 4) is 0 Å². The van der Waals surface area contributed by atoms with Crippen LogP contribution in [0.2, 0.25) is 0 Å². The Morgan fingerprint density at radius 1 is 1.39 bits per heavy atom. The predicted octanol–water partition coefficient (Wildman–Crippen LogP) is 0.724. The molecule has 18 heavy (non-hydrogen) atoms. The normalized spacial score (nSPS) is 12.1. The first-order valence-corrected chi connectivity index (χ1v) is 5.30. The first-order valence-electron chi connectivity index (χ1n) is 5.30. The van der Waals surface area contributed by atoms with Gasteiger partial charge in [0.2, 0.25) is 0 Å². The summed E-state index contributed by atoms with van der Waals surface area (Å²) in [4.78, 5) is 8.89. The van der Waals surface area contributed by atoms with Crippen LogP contribution >= 0.6 is 0 Å². The van der Waals surface area contributed by atoms with Crippen LogP contribution in [0.15, 0.2) is 6.07 Å². The van der Waals surface area contributed by atoms with E-state index in [9.17, 15) is 13.2 Å². The monoisotopic (exact) mass is 264 g/mol. The minimum Gasteiger partial charge on any atom is -0.395 e. The van der Waals surface area contributed by atoms with Gasteiger partial charge in [-0.25, -0.2) is 9.97 Å². The number of aliphatic hydroxyl groups is 1. The number of nitrogens with zero attached hydrogens (tertiary/aromatic N) is 3. The molecular formula is C10H15F3N4O. The fourth-order valence-electron chi connectivity index (χ4n) is 1.54. The van der Waals surface area contributed by atoms with Gasteiger partial charge in [-0.15, -0.1) is 0 Å². The van der Waals surface area contributed by atoms with Gasteiger partial charge < -0.3 is 10.8 Å². The third kappa shape index (κ3) is 5.28. The molecule has 0 amide bonds. The number of nitrogen functional groups attached to an aromatic ring is 1. The lowest BCUT2D eigenvalue weighted by molar-refractivity contribution is -0.148. The lowest BCUT2D eigenvalue weighted by Crippen LogP contribution is -2.36. The van der Waals surface area contributed by atoms with Crippen LogP contribution in [0.4, 0.5) is 19.0 Å². The third-order valence-electron chi connectivity index (χ3n) is 2.10. The fourth-order valence-corrected chi connectivity index (χ4v) is 1.54. The molecule has 0 atom stereocenters. The van der Waals surface area contributed by atoms with Crippen LogP contribution in [-0.2, 0) is 6.54 Å². The topological polar surface area (TPSA) is 75.3 Å². The first kappa shape index (κ1) is 14.7. The zero-order chi connectivity index (χ0) is 13.8. The summed E-state index contributed by atoms with van der Waals surface area (Å²) in [5.74, 6) is 0.429. The summed E-state index contributed by atoms with van der Waals surface area (Å²) in [6.07, 6.45) is -4.33. The molecule has 8 heteroatoms. The van der Waals surface area contributed by atoms with Crippen LogP contribution in [0.25, 0.3) is 0 Å². The number of aromatic nitrogens is 2. The van der Waals surface area contributed by atoms with Gasteiger partial charge in [-0.05, 0) is 6.92 Å². The smallest absolute Gasteiger partial charge is 0.395 e. The predicted molar refractivity (Wildman–Crippen MR) is 59.6 cm³/mol. The molecule has 0 saturated heterocycles. The van der Waals surface area contributed by atoms with E-state index in [1.807, 2.05) is 0 Å². The minimum atomic E-state index is -4.33. The Hall–Kier alpha value is -1.41. The summed E-state index contributed by atoms with van der Waals surface area (Å²) in [5, 5.41) is 8.75. The molecule has 1 heterocycles. The van der Waals surface area contributed by atoms with Gasteiger partial charge in [0.1, 0.15) is 11.6 Å². The molecule has 0 radical (unpaired) electrons. The molecule has 0 aromatic carbocycles. The molecular weight excluding hydrogens is 249 g/mol. The van der Waals surface area contributed by atoms with E-state index in [4.69, 9.17) is 10.8 Å². The lowest BCUT2D eigenvalue weighted by atomic mass is 10.3. The van der Waals surface area contributed by atoms with E-state index < -0.39 is 12.7 Å². The van der Waals surface area contributed by atoms with E-state index >= 15 is 0 Å². The molecule has 0 aliphatic rings. The minimum absolute atomic E-state index is 0.100. The maximum atomic E-state index is 12.3. The Kier molecular flexibility index (Phi) is 4.85. The molecule has 0 fully saturated rings. The van der Waals surface area contributed by atoms with Crippen molar-refractivity contribution in [2.24, 2.45) is 0 Å². The third-order valence-corrected chi connectivity index (χ3v) is 2.10. The van der Waals surface area contributed by atoms with Crippen molar-refractivity contribution in [1.82, 2.24) is 14.9 Å². The standard InChI is InChI=1S/C10H15F3N4O/c1-7-4-8(14)16-9(15-7)5-17(2-3-18)6-10(11,12)13/h4,18H,2-3,5-6H2,1H3,(H2,14,15,16). The number of rotatable bonds is 5. The number of hydrogen-bond acceptors (Lipinski definition) is 5. The van der Waals surface area contributed by atoms with Gasteiger partial charge in [0.25, 0.3) is 0 Å². The largest absolute Gasteiger partial charge is 0.401 e. The zero-order valence-corrected chi connectivity index (χ0v) is 9.91. The highest BCUT2D eigenvalue weighted by Crippen LogP contribution is 2.17. The molecule has 0 spiro atoms. The second kappa shape index (κ2) is 5.96. The number of nitrogens with two attached hydrogens (primary N) is 1. The van der Waals surface area contributed by atoms with Crippen molar-refractivity contribution in [2.75, 3.05) is 25.4 Å². The number of alkyl halides is 3. The van der Waals surface area contributed by atoms with E-state index in [0.717, 1.165) is 4.90 Å². The highest BCUT2D eigenvalue weighted by atomic mass is 19.4. The van der Waals surface area contributed by atoms with Crippen molar-refractivity contribution < 1.29 is 18.3 Å². The maximum absolute atomic E-state index is 12.3. The van der Waals surface area contributed by atoms with Gasteiger partial charge in [-0.2, -0.15) is 13.2 Å². The Bertz CT molecular complexity index is 377. The van der Waals surface area contributed by atoms with Crippen molar-refractivity contribution in [3.05, 3.63) is 17.6 Å². The number of hydrogen-bond donors (Lipinski definition) is 2. The van der Waals surface area contributed by atoms with Gasteiger partial charge in [-0.1, -0.05) is 0 Å². The molecule has 1 rings (SSSR count). The van der Waals surface area contributed by atoms with E-state index in [1.54, 1.807) is 6.92 Å². The number of aryl methyl sites for hydroxylation is 1. The van der Waals surface area contributed by atoms with Crippen molar-refractivity contribution in [1.29, 1.82) is 0 Å². The Labute approximate surface area is 102 Å². The van der Waals surface area contributed by atoms with E-state index in [0.29, 0.717) is 5.69 Å². The van der Waals surface area contributed by atoms with Crippen LogP contribution < -0.4 is 5.73 Å². The second-order valence-electron chi connectivity index (χ2n) is 3.90. The van der Waals surface area contributed by atoms with Crippen molar-refractivity contribution in [2.45, 2.75) is 19.6 Å². The number of aliphatic hydroxyl groups excluding tert-OH is 1. The molecule has 0 aliphatic carbocycles. The maximum Gasteiger partial charge on any atom is 0.401 e. The summed E-state index contributed by atoms with van der Waals surface area (Å²) >= 11 is 0. The summed E-state index contributed by atoms with van der Waals surface area (Å²) in [6.45, 7) is -0.00745. The van der Waals surface area contributed by atoms with Gasteiger partial charge in [0.05, 0.1) is 19.7 Å². The molecule has 0 aliphatic heterocycles. The molecule has 1 aromatic rings. The quantitative estimate of drug-likeness (QED) is 0.819. The Morgan fingerprint density at radius 2 is 2.06 bits per heavy atom. The van der Waals surface area contributed by atoms with E-state index in [-0.39, 0.29) is 31.3 Å². The average Bonchev–Trinajstić information content (AvgIpc) is 2.12. The van der Waals surface area contributed by atoms with Gasteiger partial charge in [-0.3, -0.25) is 4.90 Å². The molecule has 3 N–H and O–H groups in total. The molecule has 0 saturated carbocycles. The van der Waals surface area contributed by atoms with Crippen LogP contribution in [0.3, 0.4) is 0 Å². The van der Waals surface area contributed by atoms with Gasteiger partial charge in [0, 0.05) is 18.3 Å². The Balaban J connectivity index is 2.76. The molecule has 0 unspecified atom stereocenters. The summed E-state index contributed by atoms with van der Waals surface area (Å²) in [7, 11) is 0. The van der Waals surface area contributed by atoms with Crippen LogP contribution in [0.1, 0.15) is 11.5 Å². The van der Waals surface area contributed by atoms with Gasteiger partial charge in [0.15, 0.2) is 0 Å². The summed E-state index contributed by atoms with van der Waals surface area (Å²) in [5.41, 5.74) is 6.09. The Morgan fingerprint density at radius 3 is 2.56 bits per heavy atom. The summed E-state index contributed by atoms with van der Waals surface area (Å²) in [6, 6.07) is 1.53. The first-order chi connectivity index (χ1) is 8.30.